The van der Waals surface area contributed by atoms with Gasteiger partial charge >= 0.3 is 0 Å². The highest BCUT2D eigenvalue weighted by molar-refractivity contribution is 5.94. The van der Waals surface area contributed by atoms with Crippen molar-refractivity contribution in [1.82, 2.24) is 15.2 Å². The number of carbonyl (C=O) groups excluding carboxylic acids is 1. The molecule has 27 heavy (non-hydrogen) atoms. The molecule has 1 amide bonds. The summed E-state index contributed by atoms with van der Waals surface area (Å²) in [5.41, 5.74) is 8.96. The van der Waals surface area contributed by atoms with E-state index in [1.165, 1.54) is 0 Å². The second-order valence-corrected chi connectivity index (χ2v) is 7.82. The average molecular weight is 371 g/mol. The van der Waals surface area contributed by atoms with Crippen LogP contribution in [0.25, 0.3) is 11.1 Å². The number of aromatic nitrogens is 3. The highest BCUT2D eigenvalue weighted by atomic mass is 19.1. The molecule has 2 saturated carbocycles. The van der Waals surface area contributed by atoms with Crippen molar-refractivity contribution >= 4 is 11.7 Å². The molecular formula is C20H26FN5O. The van der Waals surface area contributed by atoms with E-state index in [0.29, 0.717) is 23.8 Å². The van der Waals surface area contributed by atoms with E-state index >= 15 is 0 Å². The van der Waals surface area contributed by atoms with Crippen LogP contribution in [-0.2, 0) is 11.2 Å². The van der Waals surface area contributed by atoms with Gasteiger partial charge in [0.25, 0.3) is 0 Å². The van der Waals surface area contributed by atoms with Crippen molar-refractivity contribution in [2.75, 3.05) is 5.32 Å². The molecule has 1 atom stereocenters. The largest absolute Gasteiger partial charge is 0.320 e. The van der Waals surface area contributed by atoms with Crippen molar-refractivity contribution in [3.63, 3.8) is 0 Å². The Morgan fingerprint density at radius 1 is 1.33 bits per heavy atom. The predicted molar refractivity (Wildman–Crippen MR) is 101 cm³/mol. The topological polar surface area (TPSA) is 96.7 Å². The normalized spacial score (nSPS) is 18.0. The number of amides is 1. The first-order chi connectivity index (χ1) is 13.0. The summed E-state index contributed by atoms with van der Waals surface area (Å²) in [5.74, 6) is 0.688. The average Bonchev–Trinajstić information content (AvgIpc) is 3.56. The number of halogens is 1. The minimum absolute atomic E-state index is 0.196. The van der Waals surface area contributed by atoms with Gasteiger partial charge in [0.2, 0.25) is 11.9 Å². The summed E-state index contributed by atoms with van der Waals surface area (Å²) in [6.07, 6.45) is 5.36. The Kier molecular flexibility index (Phi) is 4.72. The second kappa shape index (κ2) is 7.03. The monoisotopic (exact) mass is 371 g/mol. The van der Waals surface area contributed by atoms with E-state index in [1.54, 1.807) is 12.1 Å². The van der Waals surface area contributed by atoms with Gasteiger partial charge in [-0.1, -0.05) is 6.92 Å². The number of pyridine rings is 1. The van der Waals surface area contributed by atoms with E-state index in [-0.39, 0.29) is 17.6 Å². The van der Waals surface area contributed by atoms with Crippen LogP contribution in [0.5, 0.6) is 0 Å². The third-order valence-corrected chi connectivity index (χ3v) is 5.80. The molecule has 4 N–H and O–H groups in total. The molecule has 0 bridgehead atoms. The smallest absolute Gasteiger partial charge is 0.242 e. The zero-order valence-corrected chi connectivity index (χ0v) is 15.8. The number of hydrogen-bond acceptors (Lipinski definition) is 4. The summed E-state index contributed by atoms with van der Waals surface area (Å²) >= 11 is 0. The molecule has 2 aliphatic carbocycles. The lowest BCUT2D eigenvalue weighted by Crippen LogP contribution is -2.44. The minimum Gasteiger partial charge on any atom is -0.320 e. The fourth-order valence-corrected chi connectivity index (χ4v) is 4.10. The van der Waals surface area contributed by atoms with Gasteiger partial charge in [0.1, 0.15) is 5.82 Å². The Hall–Kier alpha value is -2.28. The number of aromatic amines is 1. The van der Waals surface area contributed by atoms with Crippen molar-refractivity contribution in [1.29, 1.82) is 0 Å². The van der Waals surface area contributed by atoms with Crippen molar-refractivity contribution in [3.8, 4) is 11.1 Å². The van der Waals surface area contributed by atoms with Gasteiger partial charge in [0, 0.05) is 16.8 Å². The minimum atomic E-state index is -0.624. The molecule has 6 nitrogen and oxygen atoms in total. The van der Waals surface area contributed by atoms with Crippen LogP contribution in [0.4, 0.5) is 10.2 Å². The van der Waals surface area contributed by atoms with Crippen molar-refractivity contribution < 1.29 is 9.18 Å². The molecular weight excluding hydrogens is 345 g/mol. The van der Waals surface area contributed by atoms with Crippen molar-refractivity contribution in [3.05, 3.63) is 29.5 Å². The lowest BCUT2D eigenvalue weighted by molar-refractivity contribution is -0.118. The predicted octanol–water partition coefficient (Wildman–Crippen LogP) is 3.18. The van der Waals surface area contributed by atoms with Crippen LogP contribution in [0.3, 0.4) is 0 Å². The first-order valence-electron chi connectivity index (χ1n) is 9.76. The van der Waals surface area contributed by atoms with Crippen LogP contribution in [-0.4, -0.2) is 27.1 Å². The zero-order chi connectivity index (χ0) is 19.1. The fraction of sp³-hybridized carbons (Fsp3) is 0.550. The van der Waals surface area contributed by atoms with E-state index in [2.05, 4.69) is 20.5 Å². The molecule has 2 aromatic rings. The van der Waals surface area contributed by atoms with Crippen LogP contribution in [0.2, 0.25) is 0 Å². The number of nitrogens with zero attached hydrogens (tertiary/aromatic N) is 2. The third kappa shape index (κ3) is 3.60. The highest BCUT2D eigenvalue weighted by Gasteiger charge is 2.46. The van der Waals surface area contributed by atoms with E-state index in [0.717, 1.165) is 42.6 Å². The molecule has 2 heterocycles. The molecule has 7 heteroatoms. The third-order valence-electron chi connectivity index (χ3n) is 5.80. The number of aryl methyl sites for hydroxylation is 2. The molecule has 0 aliphatic heterocycles. The van der Waals surface area contributed by atoms with Gasteiger partial charge in [0.15, 0.2) is 0 Å². The van der Waals surface area contributed by atoms with Crippen LogP contribution < -0.4 is 11.1 Å². The zero-order valence-electron chi connectivity index (χ0n) is 15.8. The van der Waals surface area contributed by atoms with Crippen LogP contribution in [0, 0.1) is 30.6 Å². The summed E-state index contributed by atoms with van der Waals surface area (Å²) < 4.78 is 14.7. The van der Waals surface area contributed by atoms with E-state index < -0.39 is 12.0 Å². The van der Waals surface area contributed by atoms with Gasteiger partial charge in [-0.3, -0.25) is 9.89 Å². The number of nitrogens with one attached hydrogen (secondary N) is 2. The highest BCUT2D eigenvalue weighted by Crippen LogP contribution is 2.50. The van der Waals surface area contributed by atoms with Crippen LogP contribution in [0.1, 0.15) is 44.0 Å². The quantitative estimate of drug-likeness (QED) is 0.651. The van der Waals surface area contributed by atoms with Crippen LogP contribution in [0.15, 0.2) is 12.1 Å². The number of nitrogens with two attached hydrogens (primary N) is 1. The molecule has 4 rings (SSSR count). The number of anilines is 1. The molecule has 2 fully saturated rings. The molecule has 2 aromatic heterocycles. The van der Waals surface area contributed by atoms with Crippen molar-refractivity contribution in [2.45, 2.75) is 52.0 Å². The van der Waals surface area contributed by atoms with Gasteiger partial charge < -0.3 is 11.1 Å². The maximum atomic E-state index is 14.7. The number of carbonyl (C=O) groups is 1. The summed E-state index contributed by atoms with van der Waals surface area (Å²) in [5, 5.41) is 9.79. The Labute approximate surface area is 158 Å². The molecule has 144 valence electrons. The first-order valence-corrected chi connectivity index (χ1v) is 9.76. The molecule has 2 aliphatic rings. The molecule has 0 aromatic carbocycles. The Morgan fingerprint density at radius 2 is 2.00 bits per heavy atom. The summed E-state index contributed by atoms with van der Waals surface area (Å²) in [6.45, 7) is 3.81. The molecule has 0 spiro atoms. The van der Waals surface area contributed by atoms with Gasteiger partial charge in [-0.2, -0.15) is 9.49 Å². The number of rotatable bonds is 7. The van der Waals surface area contributed by atoms with Gasteiger partial charge in [-0.25, -0.2) is 4.98 Å². The Bertz CT molecular complexity index is 844. The lowest BCUT2D eigenvalue weighted by atomic mass is 9.89. The Morgan fingerprint density at radius 3 is 2.56 bits per heavy atom. The van der Waals surface area contributed by atoms with Crippen LogP contribution >= 0.6 is 0 Å². The fourth-order valence-electron chi connectivity index (χ4n) is 4.10. The van der Waals surface area contributed by atoms with Crippen molar-refractivity contribution in [2.24, 2.45) is 23.5 Å². The number of H-pyrrole nitrogens is 1. The molecule has 0 unspecified atom stereocenters. The lowest BCUT2D eigenvalue weighted by Gasteiger charge is -2.22. The van der Waals surface area contributed by atoms with E-state index in [9.17, 15) is 9.18 Å². The molecule has 0 radical (unpaired) electrons. The second-order valence-electron chi connectivity index (χ2n) is 7.82. The summed E-state index contributed by atoms with van der Waals surface area (Å²) in [6, 6.07) is 2.70. The Balaban J connectivity index is 1.50. The maximum absolute atomic E-state index is 14.7. The van der Waals surface area contributed by atoms with Gasteiger partial charge in [-0.15, -0.1) is 0 Å². The molecule has 0 saturated heterocycles. The van der Waals surface area contributed by atoms with Gasteiger partial charge in [0.05, 0.1) is 11.7 Å². The summed E-state index contributed by atoms with van der Waals surface area (Å²) in [4.78, 5) is 16.5. The summed E-state index contributed by atoms with van der Waals surface area (Å²) in [7, 11) is 0. The first kappa shape index (κ1) is 18.1. The maximum Gasteiger partial charge on any atom is 0.242 e. The van der Waals surface area contributed by atoms with Gasteiger partial charge in [-0.05, 0) is 68.9 Å². The standard InChI is InChI=1S/C20H26FN5O/c1-3-14-16(10(2)25-26-14)13-8-9-15(23-19(13)21)24-20(27)18(22)17(11-4-5-11)12-6-7-12/h8-9,11-12,17-18H,3-7,22H2,1-2H3,(H,25,26)(H,23,24,27)/t18-/m0/s1. The van der Waals surface area contributed by atoms with E-state index in [4.69, 9.17) is 5.73 Å². The number of hydrogen-bond donors (Lipinski definition) is 3. The SMILES string of the molecule is CCc1[nH]nc(C)c1-c1ccc(NC(=O)[C@@H](N)C(C2CC2)C2CC2)nc1F. The van der Waals surface area contributed by atoms with E-state index in [1.807, 2.05) is 13.8 Å².